The van der Waals surface area contributed by atoms with E-state index in [4.69, 9.17) is 9.52 Å². The molecule has 1 aromatic heterocycles. The Bertz CT molecular complexity index is 579. The lowest BCUT2D eigenvalue weighted by atomic mass is 10.1. The molecule has 0 bridgehead atoms. The first-order valence-electron chi connectivity index (χ1n) is 6.45. The van der Waals surface area contributed by atoms with Crippen LogP contribution in [0.3, 0.4) is 0 Å². The highest BCUT2D eigenvalue weighted by atomic mass is 16.4. The minimum Gasteiger partial charge on any atom is -0.478 e. The summed E-state index contributed by atoms with van der Waals surface area (Å²) in [6, 6.07) is 1.02. The van der Waals surface area contributed by atoms with E-state index in [1.807, 2.05) is 0 Å². The van der Waals surface area contributed by atoms with Crippen LogP contribution >= 0.6 is 0 Å². The molecule has 0 saturated carbocycles. The quantitative estimate of drug-likeness (QED) is 0.859. The Hall–Kier alpha value is -2.31. The van der Waals surface area contributed by atoms with Crippen molar-refractivity contribution in [2.24, 2.45) is 0 Å². The molecule has 0 aliphatic carbocycles. The number of aromatic carboxylic acids is 1. The van der Waals surface area contributed by atoms with Crippen LogP contribution in [-0.4, -0.2) is 51.8 Å². The molecule has 2 amide bonds. The maximum atomic E-state index is 12.3. The average Bonchev–Trinajstić information content (AvgIpc) is 3.04. The van der Waals surface area contributed by atoms with Gasteiger partial charge in [0.1, 0.15) is 24.6 Å². The van der Waals surface area contributed by atoms with Crippen molar-refractivity contribution in [3.63, 3.8) is 0 Å². The van der Waals surface area contributed by atoms with E-state index in [0.717, 1.165) is 12.7 Å². The second-order valence-corrected chi connectivity index (χ2v) is 5.05. The second kappa shape index (κ2) is 4.66. The van der Waals surface area contributed by atoms with Crippen LogP contribution in [0.25, 0.3) is 0 Å². The van der Waals surface area contributed by atoms with E-state index in [9.17, 15) is 14.4 Å². The van der Waals surface area contributed by atoms with Crippen molar-refractivity contribution in [1.29, 1.82) is 0 Å². The van der Waals surface area contributed by atoms with Crippen LogP contribution in [0.2, 0.25) is 0 Å². The molecule has 1 unspecified atom stereocenters. The summed E-state index contributed by atoms with van der Waals surface area (Å²) in [6.07, 6.45) is 2.68. The van der Waals surface area contributed by atoms with Gasteiger partial charge in [0, 0.05) is 6.54 Å². The van der Waals surface area contributed by atoms with E-state index in [0.29, 0.717) is 18.7 Å². The van der Waals surface area contributed by atoms with Crippen LogP contribution in [0.5, 0.6) is 0 Å². The van der Waals surface area contributed by atoms with Gasteiger partial charge < -0.3 is 19.3 Å². The Morgan fingerprint density at radius 2 is 2.25 bits per heavy atom. The molecule has 2 aliphatic rings. The third-order valence-corrected chi connectivity index (χ3v) is 3.74. The number of carbonyl (C=O) groups excluding carboxylic acids is 2. The second-order valence-electron chi connectivity index (χ2n) is 5.05. The van der Waals surface area contributed by atoms with Gasteiger partial charge in [-0.3, -0.25) is 9.59 Å². The van der Waals surface area contributed by atoms with Gasteiger partial charge in [-0.1, -0.05) is 0 Å². The van der Waals surface area contributed by atoms with Crippen LogP contribution in [0.15, 0.2) is 16.7 Å². The standard InChI is InChI=1S/C13H14N2O5/c16-11-6-14(12(17)10-2-1-3-15(10)11)5-9-4-8(7-20-9)13(18)19/h4,7,10H,1-3,5-6H2,(H,18,19). The smallest absolute Gasteiger partial charge is 0.338 e. The first-order chi connectivity index (χ1) is 9.56. The van der Waals surface area contributed by atoms with Crippen LogP contribution in [0, 0.1) is 0 Å². The molecule has 106 valence electrons. The summed E-state index contributed by atoms with van der Waals surface area (Å²) in [5.74, 6) is -0.856. The van der Waals surface area contributed by atoms with E-state index >= 15 is 0 Å². The monoisotopic (exact) mass is 278 g/mol. The first kappa shape index (κ1) is 12.7. The Morgan fingerprint density at radius 3 is 2.95 bits per heavy atom. The fraction of sp³-hybridized carbons (Fsp3) is 0.462. The van der Waals surface area contributed by atoms with Crippen molar-refractivity contribution in [3.05, 3.63) is 23.7 Å². The Balaban J connectivity index is 1.75. The van der Waals surface area contributed by atoms with Gasteiger partial charge in [-0.15, -0.1) is 0 Å². The number of carboxylic acids is 1. The molecule has 0 radical (unpaired) electrons. The fourth-order valence-corrected chi connectivity index (χ4v) is 2.76. The number of carboxylic acid groups (broad SMARTS) is 1. The van der Waals surface area contributed by atoms with Gasteiger partial charge in [-0.25, -0.2) is 4.79 Å². The topological polar surface area (TPSA) is 91.1 Å². The molecule has 2 aliphatic heterocycles. The molecule has 3 rings (SSSR count). The summed E-state index contributed by atoms with van der Waals surface area (Å²) >= 11 is 0. The zero-order valence-corrected chi connectivity index (χ0v) is 10.7. The highest BCUT2D eigenvalue weighted by molar-refractivity contribution is 5.95. The number of furan rings is 1. The molecule has 0 aromatic carbocycles. The van der Waals surface area contributed by atoms with E-state index in [-0.39, 0.29) is 36.5 Å². The van der Waals surface area contributed by atoms with Crippen LogP contribution < -0.4 is 0 Å². The van der Waals surface area contributed by atoms with Crippen molar-refractivity contribution < 1.29 is 23.9 Å². The minimum absolute atomic E-state index is 0.0262. The van der Waals surface area contributed by atoms with E-state index in [1.54, 1.807) is 4.90 Å². The average molecular weight is 278 g/mol. The van der Waals surface area contributed by atoms with E-state index in [1.165, 1.54) is 11.0 Å². The maximum absolute atomic E-state index is 12.3. The number of amides is 2. The molecule has 0 spiro atoms. The van der Waals surface area contributed by atoms with Gasteiger partial charge in [0.25, 0.3) is 0 Å². The van der Waals surface area contributed by atoms with Gasteiger partial charge in [-0.2, -0.15) is 0 Å². The number of nitrogens with zero attached hydrogens (tertiary/aromatic N) is 2. The predicted octanol–water partition coefficient (Wildman–Crippen LogP) is 0.311. The molecule has 3 heterocycles. The van der Waals surface area contributed by atoms with Gasteiger partial charge in [0.05, 0.1) is 12.1 Å². The van der Waals surface area contributed by atoms with Crippen molar-refractivity contribution in [1.82, 2.24) is 9.80 Å². The number of piperazine rings is 1. The predicted molar refractivity (Wildman–Crippen MR) is 65.8 cm³/mol. The zero-order chi connectivity index (χ0) is 14.3. The van der Waals surface area contributed by atoms with Crippen molar-refractivity contribution in [3.8, 4) is 0 Å². The van der Waals surface area contributed by atoms with Gasteiger partial charge in [0.2, 0.25) is 11.8 Å². The molecule has 20 heavy (non-hydrogen) atoms. The minimum atomic E-state index is -1.08. The van der Waals surface area contributed by atoms with Gasteiger partial charge >= 0.3 is 5.97 Å². The summed E-state index contributed by atoms with van der Waals surface area (Å²) in [6.45, 7) is 0.799. The largest absolute Gasteiger partial charge is 0.478 e. The Morgan fingerprint density at radius 1 is 1.45 bits per heavy atom. The van der Waals surface area contributed by atoms with E-state index in [2.05, 4.69) is 0 Å². The summed E-state index contributed by atoms with van der Waals surface area (Å²) in [7, 11) is 0. The van der Waals surface area contributed by atoms with Crippen LogP contribution in [-0.2, 0) is 16.1 Å². The van der Waals surface area contributed by atoms with Crippen LogP contribution in [0.4, 0.5) is 0 Å². The molecule has 7 heteroatoms. The number of fused-ring (bicyclic) bond motifs is 1. The summed E-state index contributed by atoms with van der Waals surface area (Å²) in [5, 5.41) is 8.82. The SMILES string of the molecule is O=C(O)c1coc(CN2CC(=O)N3CCCC3C2=O)c1. The normalized spacial score (nSPS) is 22.3. The van der Waals surface area contributed by atoms with Crippen LogP contribution in [0.1, 0.15) is 29.0 Å². The lowest BCUT2D eigenvalue weighted by Crippen LogP contribution is -2.56. The Labute approximate surface area is 114 Å². The Kier molecular flexibility index (Phi) is 2.96. The molecule has 1 atom stereocenters. The number of carbonyl (C=O) groups is 3. The first-order valence-corrected chi connectivity index (χ1v) is 6.45. The number of hydrogen-bond donors (Lipinski definition) is 1. The molecule has 7 nitrogen and oxygen atoms in total. The highest BCUT2D eigenvalue weighted by Gasteiger charge is 2.41. The summed E-state index contributed by atoms with van der Waals surface area (Å²) in [5.41, 5.74) is 0.0401. The molecule has 2 saturated heterocycles. The van der Waals surface area contributed by atoms with Crippen molar-refractivity contribution >= 4 is 17.8 Å². The molecular weight excluding hydrogens is 264 g/mol. The maximum Gasteiger partial charge on any atom is 0.338 e. The molecule has 2 fully saturated rings. The highest BCUT2D eigenvalue weighted by Crippen LogP contribution is 2.25. The van der Waals surface area contributed by atoms with Gasteiger partial charge in [-0.05, 0) is 18.9 Å². The summed E-state index contributed by atoms with van der Waals surface area (Å²) in [4.78, 5) is 38.0. The van der Waals surface area contributed by atoms with Crippen molar-refractivity contribution in [2.45, 2.75) is 25.4 Å². The lowest BCUT2D eigenvalue weighted by Gasteiger charge is -2.35. The zero-order valence-electron chi connectivity index (χ0n) is 10.7. The fourth-order valence-electron chi connectivity index (χ4n) is 2.76. The molecule has 1 N–H and O–H groups in total. The van der Waals surface area contributed by atoms with Crippen molar-refractivity contribution in [2.75, 3.05) is 13.1 Å². The van der Waals surface area contributed by atoms with Gasteiger partial charge in [0.15, 0.2) is 0 Å². The number of hydrogen-bond acceptors (Lipinski definition) is 4. The third kappa shape index (κ3) is 2.04. The van der Waals surface area contributed by atoms with E-state index < -0.39 is 5.97 Å². The lowest BCUT2D eigenvalue weighted by molar-refractivity contribution is -0.154. The summed E-state index contributed by atoms with van der Waals surface area (Å²) < 4.78 is 5.12. The number of rotatable bonds is 3. The third-order valence-electron chi connectivity index (χ3n) is 3.74. The molecule has 1 aromatic rings. The molecular formula is C13H14N2O5.